The zero-order valence-electron chi connectivity index (χ0n) is 17.8. The van der Waals surface area contributed by atoms with Crippen molar-refractivity contribution in [1.82, 2.24) is 4.90 Å². The van der Waals surface area contributed by atoms with E-state index in [1.807, 2.05) is 35.2 Å². The number of hydrogen-bond donors (Lipinski definition) is 1. The first-order valence-corrected chi connectivity index (χ1v) is 11.6. The van der Waals surface area contributed by atoms with E-state index in [0.717, 1.165) is 10.0 Å². The number of benzene rings is 3. The fraction of sp³-hybridized carbons (Fsp3) is 0.192. The number of para-hydroxylation sites is 1. The van der Waals surface area contributed by atoms with Gasteiger partial charge in [0.05, 0.1) is 16.8 Å². The molecule has 0 amide bonds. The van der Waals surface area contributed by atoms with E-state index < -0.39 is 0 Å². The molecule has 33 heavy (non-hydrogen) atoms. The van der Waals surface area contributed by atoms with E-state index in [-0.39, 0.29) is 23.1 Å². The van der Waals surface area contributed by atoms with Gasteiger partial charge in [-0.25, -0.2) is 4.39 Å². The van der Waals surface area contributed by atoms with Crippen LogP contribution in [-0.4, -0.2) is 42.0 Å². The molecule has 0 saturated carbocycles. The van der Waals surface area contributed by atoms with Crippen molar-refractivity contribution in [2.45, 2.75) is 6.54 Å². The maximum absolute atomic E-state index is 14.1. The second kappa shape index (κ2) is 9.00. The second-order valence-electron chi connectivity index (χ2n) is 8.15. The first-order chi connectivity index (χ1) is 16.0. The third-order valence-electron chi connectivity index (χ3n) is 6.01. The number of halogens is 2. The molecule has 7 heteroatoms. The average molecular weight is 509 g/mol. The maximum Gasteiger partial charge on any atom is 0.231 e. The molecule has 0 radical (unpaired) electrons. The third kappa shape index (κ3) is 4.38. The molecule has 1 fully saturated rings. The summed E-state index contributed by atoms with van der Waals surface area (Å²) in [7, 11) is 0. The Kier molecular flexibility index (Phi) is 5.91. The number of ketones is 1. The summed E-state index contributed by atoms with van der Waals surface area (Å²) in [5.74, 6) is 0.329. The topological polar surface area (TPSA) is 53.0 Å². The number of fused-ring (bicyclic) bond motifs is 1. The lowest BCUT2D eigenvalue weighted by Crippen LogP contribution is -2.46. The van der Waals surface area contributed by atoms with Gasteiger partial charge in [-0.15, -0.1) is 0 Å². The molecule has 0 aromatic heterocycles. The number of phenolic OH excluding ortho intramolecular Hbond substituents is 1. The largest absolute Gasteiger partial charge is 0.507 e. The minimum absolute atomic E-state index is 0.0989. The summed E-state index contributed by atoms with van der Waals surface area (Å²) in [6.07, 6.45) is 1.71. The van der Waals surface area contributed by atoms with Crippen molar-refractivity contribution in [3.05, 3.63) is 93.4 Å². The second-order valence-corrected chi connectivity index (χ2v) is 9.06. The van der Waals surface area contributed by atoms with Crippen LogP contribution in [-0.2, 0) is 6.54 Å². The predicted molar refractivity (Wildman–Crippen MR) is 129 cm³/mol. The van der Waals surface area contributed by atoms with Gasteiger partial charge in [-0.1, -0.05) is 40.2 Å². The summed E-state index contributed by atoms with van der Waals surface area (Å²) in [6.45, 7) is 3.19. The number of anilines is 1. The quantitative estimate of drug-likeness (QED) is 0.489. The van der Waals surface area contributed by atoms with Gasteiger partial charge < -0.3 is 14.7 Å². The van der Waals surface area contributed by atoms with Crippen molar-refractivity contribution >= 4 is 33.5 Å². The van der Waals surface area contributed by atoms with Crippen molar-refractivity contribution in [3.63, 3.8) is 0 Å². The van der Waals surface area contributed by atoms with Crippen molar-refractivity contribution in [2.24, 2.45) is 0 Å². The van der Waals surface area contributed by atoms with Crippen LogP contribution in [0.1, 0.15) is 21.5 Å². The smallest absolute Gasteiger partial charge is 0.231 e. The van der Waals surface area contributed by atoms with Gasteiger partial charge in [-0.3, -0.25) is 9.69 Å². The number of allylic oxidation sites excluding steroid dienone is 1. The highest BCUT2D eigenvalue weighted by atomic mass is 79.9. The molecular formula is C26H22BrFN2O3. The van der Waals surface area contributed by atoms with Gasteiger partial charge in [0.15, 0.2) is 5.76 Å². The number of carbonyl (C=O) groups is 1. The summed E-state index contributed by atoms with van der Waals surface area (Å²) in [4.78, 5) is 17.1. The van der Waals surface area contributed by atoms with Gasteiger partial charge in [0, 0.05) is 37.2 Å². The minimum Gasteiger partial charge on any atom is -0.507 e. The standard InChI is InChI=1S/C26H22BrFN2O3/c27-18-5-3-4-17(14-18)15-24-25(32)19-8-9-23(31)20(26(19)33-24)16-29-10-12-30(13-11-29)22-7-2-1-6-21(22)28/h1-9,14-15,31H,10-13,16H2/b24-15-. The Balaban J connectivity index is 1.34. The number of Topliss-reactive ketones (excluding diaryl/α,β-unsaturated/α-hetero) is 1. The van der Waals surface area contributed by atoms with Gasteiger partial charge in [-0.2, -0.15) is 0 Å². The minimum atomic E-state index is -0.221. The highest BCUT2D eigenvalue weighted by Gasteiger charge is 2.32. The molecular weight excluding hydrogens is 487 g/mol. The third-order valence-corrected chi connectivity index (χ3v) is 6.50. The number of piperazine rings is 1. The highest BCUT2D eigenvalue weighted by molar-refractivity contribution is 9.10. The lowest BCUT2D eigenvalue weighted by atomic mass is 10.0. The Morgan fingerprint density at radius 2 is 1.82 bits per heavy atom. The van der Waals surface area contributed by atoms with Crippen LogP contribution in [0.4, 0.5) is 10.1 Å². The number of phenols is 1. The molecule has 5 nitrogen and oxygen atoms in total. The predicted octanol–water partition coefficient (Wildman–Crippen LogP) is 5.23. The van der Waals surface area contributed by atoms with Crippen LogP contribution in [0.15, 0.2) is 70.9 Å². The fourth-order valence-electron chi connectivity index (χ4n) is 4.28. The molecule has 2 heterocycles. The van der Waals surface area contributed by atoms with E-state index in [1.54, 1.807) is 30.3 Å². The van der Waals surface area contributed by atoms with E-state index in [2.05, 4.69) is 20.8 Å². The number of carbonyl (C=O) groups excluding carboxylic acids is 1. The van der Waals surface area contributed by atoms with Crippen LogP contribution in [0.3, 0.4) is 0 Å². The van der Waals surface area contributed by atoms with Crippen molar-refractivity contribution in [1.29, 1.82) is 0 Å². The zero-order chi connectivity index (χ0) is 22.9. The fourth-order valence-corrected chi connectivity index (χ4v) is 4.69. The molecule has 2 aliphatic heterocycles. The van der Waals surface area contributed by atoms with E-state index in [4.69, 9.17) is 4.74 Å². The number of rotatable bonds is 4. The van der Waals surface area contributed by atoms with Gasteiger partial charge in [0.2, 0.25) is 5.78 Å². The number of aromatic hydroxyl groups is 1. The monoisotopic (exact) mass is 508 g/mol. The summed E-state index contributed by atoms with van der Waals surface area (Å²) < 4.78 is 21.0. The molecule has 0 aliphatic carbocycles. The zero-order valence-corrected chi connectivity index (χ0v) is 19.4. The molecule has 0 bridgehead atoms. The summed E-state index contributed by atoms with van der Waals surface area (Å²) in [6, 6.07) is 17.5. The van der Waals surface area contributed by atoms with Crippen molar-refractivity contribution in [2.75, 3.05) is 31.1 Å². The lowest BCUT2D eigenvalue weighted by molar-refractivity contribution is 0.101. The molecule has 3 aromatic rings. The van der Waals surface area contributed by atoms with E-state index in [1.165, 1.54) is 6.07 Å². The summed E-state index contributed by atoms with van der Waals surface area (Å²) in [5.41, 5.74) is 2.50. The molecule has 2 aliphatic rings. The number of hydrogen-bond acceptors (Lipinski definition) is 5. The number of nitrogens with zero attached hydrogens (tertiary/aromatic N) is 2. The molecule has 3 aromatic carbocycles. The summed E-state index contributed by atoms with van der Waals surface area (Å²) in [5, 5.41) is 10.6. The van der Waals surface area contributed by atoms with E-state index in [0.29, 0.717) is 55.3 Å². The van der Waals surface area contributed by atoms with Crippen LogP contribution >= 0.6 is 15.9 Å². The van der Waals surface area contributed by atoms with Crippen molar-refractivity contribution < 1.29 is 19.0 Å². The molecule has 1 N–H and O–H groups in total. The average Bonchev–Trinajstić information content (AvgIpc) is 3.12. The van der Waals surface area contributed by atoms with E-state index >= 15 is 0 Å². The Morgan fingerprint density at radius 1 is 1.03 bits per heavy atom. The Bertz CT molecular complexity index is 1250. The Morgan fingerprint density at radius 3 is 2.58 bits per heavy atom. The maximum atomic E-state index is 14.1. The molecule has 0 atom stereocenters. The molecule has 0 unspecified atom stereocenters. The molecule has 0 spiro atoms. The summed E-state index contributed by atoms with van der Waals surface area (Å²) >= 11 is 3.44. The molecule has 1 saturated heterocycles. The van der Waals surface area contributed by atoms with Crippen LogP contribution in [0.2, 0.25) is 0 Å². The normalized spacial score (nSPS) is 17.3. The van der Waals surface area contributed by atoms with E-state index in [9.17, 15) is 14.3 Å². The van der Waals surface area contributed by atoms with Gasteiger partial charge in [0.25, 0.3) is 0 Å². The van der Waals surface area contributed by atoms with Gasteiger partial charge in [0.1, 0.15) is 17.3 Å². The van der Waals surface area contributed by atoms with Crippen molar-refractivity contribution in [3.8, 4) is 11.5 Å². The van der Waals surface area contributed by atoms with Crippen LogP contribution < -0.4 is 9.64 Å². The first-order valence-electron chi connectivity index (χ1n) is 10.8. The van der Waals surface area contributed by atoms with Crippen LogP contribution in [0.25, 0.3) is 6.08 Å². The van der Waals surface area contributed by atoms with Gasteiger partial charge in [-0.05, 0) is 48.0 Å². The first kappa shape index (κ1) is 21.7. The van der Waals surface area contributed by atoms with Crippen LogP contribution in [0.5, 0.6) is 11.5 Å². The molecule has 168 valence electrons. The number of ether oxygens (including phenoxy) is 1. The Hall–Kier alpha value is -3.16. The Labute approximate surface area is 199 Å². The van der Waals surface area contributed by atoms with Crippen LogP contribution in [0, 0.1) is 5.82 Å². The van der Waals surface area contributed by atoms with Gasteiger partial charge >= 0.3 is 0 Å². The molecule has 5 rings (SSSR count). The lowest BCUT2D eigenvalue weighted by Gasteiger charge is -2.36. The highest BCUT2D eigenvalue weighted by Crippen LogP contribution is 2.40. The SMILES string of the molecule is O=C1/C(=C/c2cccc(Br)c2)Oc2c1ccc(O)c2CN1CCN(c2ccccc2F)CC1.